The lowest BCUT2D eigenvalue weighted by Crippen LogP contribution is -2.37. The first-order valence-corrected chi connectivity index (χ1v) is 12.4. The first-order chi connectivity index (χ1) is 18.6. The topological polar surface area (TPSA) is 103 Å². The van der Waals surface area contributed by atoms with E-state index in [0.29, 0.717) is 56.6 Å². The maximum Gasteiger partial charge on any atom is 0.435 e. The van der Waals surface area contributed by atoms with Gasteiger partial charge in [0.05, 0.1) is 30.2 Å². The van der Waals surface area contributed by atoms with Crippen molar-refractivity contribution in [2.24, 2.45) is 0 Å². The number of morpholine rings is 1. The lowest BCUT2D eigenvalue weighted by Gasteiger charge is -2.26. The maximum absolute atomic E-state index is 15.5. The van der Waals surface area contributed by atoms with E-state index < -0.39 is 29.2 Å². The number of benzene rings is 1. The standard InChI is InChI=1S/C25H28F4N8O2/c1-35(2)16-3-4-37(14-16)21-10-19(26)17(15-11-30-24(31-12-15)36-5-7-39-8-6-36)9-20(21)33-23(38)18-13-32-34-22(18)25(27,28)29/h9-13,16H,3-8,14H2,1-2H3,(H,32,34)(H,33,38)/t16-/m1/s1. The van der Waals surface area contributed by atoms with Gasteiger partial charge in [-0.15, -0.1) is 0 Å². The molecule has 0 saturated carbocycles. The number of aromatic nitrogens is 4. The number of carbonyl (C=O) groups is 1. The highest BCUT2D eigenvalue weighted by Gasteiger charge is 2.38. The molecule has 1 atom stereocenters. The summed E-state index contributed by atoms with van der Waals surface area (Å²) in [6.45, 7) is 3.53. The molecular weight excluding hydrogens is 520 g/mol. The number of nitrogens with one attached hydrogen (secondary N) is 2. The Kier molecular flexibility index (Phi) is 7.40. The average molecular weight is 549 g/mol. The van der Waals surface area contributed by atoms with Gasteiger partial charge in [0.25, 0.3) is 5.91 Å². The van der Waals surface area contributed by atoms with Crippen LogP contribution in [-0.4, -0.2) is 90.5 Å². The molecule has 2 aliphatic heterocycles. The molecule has 0 unspecified atom stereocenters. The molecule has 5 rings (SSSR count). The Balaban J connectivity index is 1.49. The van der Waals surface area contributed by atoms with Crippen molar-refractivity contribution in [3.05, 3.63) is 47.8 Å². The third-order valence-electron chi connectivity index (χ3n) is 6.96. The first-order valence-electron chi connectivity index (χ1n) is 12.4. The Morgan fingerprint density at radius 1 is 1.13 bits per heavy atom. The molecule has 1 aromatic carbocycles. The number of nitrogens with zero attached hydrogens (tertiary/aromatic N) is 6. The molecule has 2 N–H and O–H groups in total. The normalized spacial score (nSPS) is 18.2. The van der Waals surface area contributed by atoms with Crippen molar-refractivity contribution in [3.63, 3.8) is 0 Å². The van der Waals surface area contributed by atoms with Gasteiger partial charge in [0.15, 0.2) is 5.69 Å². The number of hydrogen-bond donors (Lipinski definition) is 2. The summed E-state index contributed by atoms with van der Waals surface area (Å²) in [7, 11) is 3.89. The van der Waals surface area contributed by atoms with Crippen LogP contribution in [0.2, 0.25) is 0 Å². The summed E-state index contributed by atoms with van der Waals surface area (Å²) >= 11 is 0. The summed E-state index contributed by atoms with van der Waals surface area (Å²) in [6.07, 6.45) is -0.162. The number of halogens is 4. The molecule has 3 aromatic rings. The third-order valence-corrected chi connectivity index (χ3v) is 6.96. The van der Waals surface area contributed by atoms with Crippen molar-refractivity contribution < 1.29 is 27.1 Å². The Morgan fingerprint density at radius 2 is 1.85 bits per heavy atom. The number of amides is 1. The largest absolute Gasteiger partial charge is 0.435 e. The van der Waals surface area contributed by atoms with Crippen LogP contribution in [0.15, 0.2) is 30.7 Å². The Bertz CT molecular complexity index is 1320. The lowest BCUT2D eigenvalue weighted by molar-refractivity contribution is -0.141. The summed E-state index contributed by atoms with van der Waals surface area (Å²) in [5.41, 5.74) is -0.984. The fourth-order valence-corrected chi connectivity index (χ4v) is 4.78. The molecule has 39 heavy (non-hydrogen) atoms. The number of likely N-dealkylation sites (N-methyl/N-ethyl adjacent to an activating group) is 1. The van der Waals surface area contributed by atoms with Gasteiger partial charge in [-0.3, -0.25) is 9.89 Å². The van der Waals surface area contributed by atoms with Gasteiger partial charge in [-0.1, -0.05) is 0 Å². The number of alkyl halides is 3. The van der Waals surface area contributed by atoms with Gasteiger partial charge in [0, 0.05) is 61.9 Å². The number of carbonyl (C=O) groups excluding carboxylic acids is 1. The molecule has 2 saturated heterocycles. The number of ether oxygens (including phenoxy) is 1. The Morgan fingerprint density at radius 3 is 2.49 bits per heavy atom. The highest BCUT2D eigenvalue weighted by atomic mass is 19.4. The summed E-state index contributed by atoms with van der Waals surface area (Å²) in [5.74, 6) is -1.10. The number of aromatic amines is 1. The van der Waals surface area contributed by atoms with Crippen LogP contribution in [-0.2, 0) is 10.9 Å². The fourth-order valence-electron chi connectivity index (χ4n) is 4.78. The molecule has 10 nitrogen and oxygen atoms in total. The first kappa shape index (κ1) is 26.8. The zero-order valence-electron chi connectivity index (χ0n) is 21.4. The smallest absolute Gasteiger partial charge is 0.378 e. The van der Waals surface area contributed by atoms with E-state index in [2.05, 4.69) is 30.4 Å². The predicted octanol–water partition coefficient (Wildman–Crippen LogP) is 3.25. The molecular formula is C25H28F4N8O2. The summed E-state index contributed by atoms with van der Waals surface area (Å²) in [6, 6.07) is 2.90. The number of hydrogen-bond acceptors (Lipinski definition) is 8. The highest BCUT2D eigenvalue weighted by molar-refractivity contribution is 6.07. The van der Waals surface area contributed by atoms with Gasteiger partial charge in [-0.25, -0.2) is 14.4 Å². The fraction of sp³-hybridized carbons (Fsp3) is 0.440. The van der Waals surface area contributed by atoms with E-state index in [1.807, 2.05) is 23.9 Å². The van der Waals surface area contributed by atoms with Gasteiger partial charge in [-0.2, -0.15) is 18.3 Å². The monoisotopic (exact) mass is 548 g/mol. The minimum absolute atomic E-state index is 0.106. The molecule has 0 radical (unpaired) electrons. The highest BCUT2D eigenvalue weighted by Crippen LogP contribution is 2.37. The van der Waals surface area contributed by atoms with E-state index >= 15 is 4.39 Å². The van der Waals surface area contributed by atoms with E-state index in [9.17, 15) is 18.0 Å². The van der Waals surface area contributed by atoms with Crippen molar-refractivity contribution in [3.8, 4) is 11.1 Å². The number of rotatable bonds is 6. The van der Waals surface area contributed by atoms with E-state index in [0.717, 1.165) is 12.6 Å². The summed E-state index contributed by atoms with van der Waals surface area (Å²) in [4.78, 5) is 27.7. The minimum Gasteiger partial charge on any atom is -0.378 e. The van der Waals surface area contributed by atoms with Gasteiger partial charge >= 0.3 is 6.18 Å². The molecule has 2 fully saturated rings. The SMILES string of the molecule is CN(C)[C@@H]1CCN(c2cc(F)c(-c3cnc(N4CCOCC4)nc3)cc2NC(=O)c2c[nH]nc2C(F)(F)F)C1. The van der Waals surface area contributed by atoms with Crippen molar-refractivity contribution >= 4 is 23.2 Å². The van der Waals surface area contributed by atoms with Crippen LogP contribution in [0, 0.1) is 5.82 Å². The lowest BCUT2D eigenvalue weighted by atomic mass is 10.1. The van der Waals surface area contributed by atoms with Crippen molar-refractivity contribution in [2.75, 3.05) is 68.6 Å². The molecule has 4 heterocycles. The molecule has 14 heteroatoms. The zero-order chi connectivity index (χ0) is 27.7. The van der Waals surface area contributed by atoms with Crippen LogP contribution >= 0.6 is 0 Å². The molecule has 0 bridgehead atoms. The quantitative estimate of drug-likeness (QED) is 0.453. The van der Waals surface area contributed by atoms with Crippen LogP contribution in [0.3, 0.4) is 0 Å². The van der Waals surface area contributed by atoms with Crippen LogP contribution in [0.25, 0.3) is 11.1 Å². The van der Waals surface area contributed by atoms with Crippen LogP contribution in [0.4, 0.5) is 34.9 Å². The maximum atomic E-state index is 15.5. The van der Waals surface area contributed by atoms with Gasteiger partial charge in [0.1, 0.15) is 5.82 Å². The van der Waals surface area contributed by atoms with E-state index in [1.165, 1.54) is 24.5 Å². The van der Waals surface area contributed by atoms with E-state index in [1.54, 1.807) is 0 Å². The van der Waals surface area contributed by atoms with Gasteiger partial charge in [0.2, 0.25) is 5.95 Å². The van der Waals surface area contributed by atoms with Crippen molar-refractivity contribution in [2.45, 2.75) is 18.6 Å². The summed E-state index contributed by atoms with van der Waals surface area (Å²) in [5, 5.41) is 7.86. The second-order valence-electron chi connectivity index (χ2n) is 9.67. The van der Waals surface area contributed by atoms with Crippen molar-refractivity contribution in [1.82, 2.24) is 25.1 Å². The molecule has 1 amide bonds. The second kappa shape index (κ2) is 10.8. The minimum atomic E-state index is -4.82. The molecule has 2 aliphatic rings. The molecule has 2 aromatic heterocycles. The number of H-pyrrole nitrogens is 1. The Hall–Kier alpha value is -3.78. The van der Waals surface area contributed by atoms with Gasteiger partial charge in [-0.05, 0) is 32.6 Å². The van der Waals surface area contributed by atoms with Gasteiger partial charge < -0.3 is 24.8 Å². The third kappa shape index (κ3) is 5.66. The average Bonchev–Trinajstić information content (AvgIpc) is 3.61. The molecule has 0 spiro atoms. The molecule has 208 valence electrons. The van der Waals surface area contributed by atoms with Crippen molar-refractivity contribution in [1.29, 1.82) is 0 Å². The second-order valence-corrected chi connectivity index (χ2v) is 9.67. The van der Waals surface area contributed by atoms with Crippen LogP contribution < -0.4 is 15.1 Å². The predicted molar refractivity (Wildman–Crippen MR) is 136 cm³/mol. The Labute approximate surface area is 222 Å². The van der Waals surface area contributed by atoms with E-state index in [4.69, 9.17) is 4.74 Å². The molecule has 0 aliphatic carbocycles. The van der Waals surface area contributed by atoms with Crippen LogP contribution in [0.1, 0.15) is 22.5 Å². The van der Waals surface area contributed by atoms with E-state index in [-0.39, 0.29) is 17.3 Å². The number of anilines is 3. The summed E-state index contributed by atoms with van der Waals surface area (Å²) < 4.78 is 61.0. The van der Waals surface area contributed by atoms with Crippen LogP contribution in [0.5, 0.6) is 0 Å². The zero-order valence-corrected chi connectivity index (χ0v) is 21.4.